The number of aromatic nitrogens is 1. The number of rotatable bonds is 5. The molecule has 3 rings (SSSR count). The molecular formula is C22H23NO4. The SMILES string of the molecule is CC(C)(C)OC(=O)[C@H](Cc1c[nH]c2c(-c3ccccc3)cccc12)C(=O)O. The summed E-state index contributed by atoms with van der Waals surface area (Å²) < 4.78 is 5.29. The Balaban J connectivity index is 1.95. The van der Waals surface area contributed by atoms with Gasteiger partial charge in [0, 0.05) is 17.1 Å². The van der Waals surface area contributed by atoms with Crippen molar-refractivity contribution in [1.82, 2.24) is 4.98 Å². The summed E-state index contributed by atoms with van der Waals surface area (Å²) in [5.41, 5.74) is 3.07. The van der Waals surface area contributed by atoms with E-state index in [1.54, 1.807) is 27.0 Å². The summed E-state index contributed by atoms with van der Waals surface area (Å²) in [4.78, 5) is 27.2. The van der Waals surface area contributed by atoms with Crippen LogP contribution >= 0.6 is 0 Å². The number of fused-ring (bicyclic) bond motifs is 1. The smallest absolute Gasteiger partial charge is 0.321 e. The number of carboxylic acids is 1. The van der Waals surface area contributed by atoms with E-state index >= 15 is 0 Å². The number of hydrogen-bond acceptors (Lipinski definition) is 3. The molecule has 0 aliphatic carbocycles. The van der Waals surface area contributed by atoms with Crippen molar-refractivity contribution in [3.05, 3.63) is 60.3 Å². The maximum Gasteiger partial charge on any atom is 0.321 e. The zero-order valence-electron chi connectivity index (χ0n) is 15.7. The Morgan fingerprint density at radius 3 is 2.41 bits per heavy atom. The summed E-state index contributed by atoms with van der Waals surface area (Å²) >= 11 is 0. The van der Waals surface area contributed by atoms with Crippen LogP contribution < -0.4 is 0 Å². The van der Waals surface area contributed by atoms with Crippen LogP contribution in [0.4, 0.5) is 0 Å². The van der Waals surface area contributed by atoms with Crippen LogP contribution in [0.15, 0.2) is 54.7 Å². The molecule has 0 radical (unpaired) electrons. The molecule has 0 fully saturated rings. The van der Waals surface area contributed by atoms with E-state index in [0.717, 1.165) is 27.6 Å². The number of para-hydroxylation sites is 1. The topological polar surface area (TPSA) is 79.4 Å². The molecule has 0 aliphatic heterocycles. The Hall–Kier alpha value is -3.08. The highest BCUT2D eigenvalue weighted by molar-refractivity contribution is 5.98. The van der Waals surface area contributed by atoms with E-state index in [1.165, 1.54) is 0 Å². The fourth-order valence-corrected chi connectivity index (χ4v) is 3.10. The fraction of sp³-hybridized carbons (Fsp3) is 0.273. The van der Waals surface area contributed by atoms with Crippen LogP contribution in [0.25, 0.3) is 22.0 Å². The van der Waals surface area contributed by atoms with Gasteiger partial charge in [0.1, 0.15) is 5.60 Å². The van der Waals surface area contributed by atoms with Crippen LogP contribution in [0, 0.1) is 5.92 Å². The third kappa shape index (κ3) is 4.19. The lowest BCUT2D eigenvalue weighted by Crippen LogP contribution is -2.33. The van der Waals surface area contributed by atoms with Gasteiger partial charge in [0.2, 0.25) is 0 Å². The molecule has 1 atom stereocenters. The molecular weight excluding hydrogens is 342 g/mol. The van der Waals surface area contributed by atoms with Gasteiger partial charge in [0.25, 0.3) is 0 Å². The van der Waals surface area contributed by atoms with Crippen LogP contribution in [0.5, 0.6) is 0 Å². The summed E-state index contributed by atoms with van der Waals surface area (Å²) in [6.45, 7) is 5.17. The number of hydrogen-bond donors (Lipinski definition) is 2. The quantitative estimate of drug-likeness (QED) is 0.518. The van der Waals surface area contributed by atoms with Crippen molar-refractivity contribution in [3.8, 4) is 11.1 Å². The van der Waals surface area contributed by atoms with Crippen LogP contribution in [-0.4, -0.2) is 27.6 Å². The molecule has 0 spiro atoms. The monoisotopic (exact) mass is 365 g/mol. The fourth-order valence-electron chi connectivity index (χ4n) is 3.10. The zero-order chi connectivity index (χ0) is 19.6. The summed E-state index contributed by atoms with van der Waals surface area (Å²) in [6.07, 6.45) is 1.85. The third-order valence-electron chi connectivity index (χ3n) is 4.30. The lowest BCUT2D eigenvalue weighted by Gasteiger charge is -2.22. The Morgan fingerprint density at radius 1 is 1.07 bits per heavy atom. The number of nitrogens with one attached hydrogen (secondary N) is 1. The minimum absolute atomic E-state index is 0.0719. The van der Waals surface area contributed by atoms with Crippen LogP contribution in [0.1, 0.15) is 26.3 Å². The van der Waals surface area contributed by atoms with Gasteiger partial charge in [-0.3, -0.25) is 9.59 Å². The minimum atomic E-state index is -1.25. The van der Waals surface area contributed by atoms with E-state index in [-0.39, 0.29) is 6.42 Å². The highest BCUT2D eigenvalue weighted by atomic mass is 16.6. The van der Waals surface area contributed by atoms with Gasteiger partial charge in [-0.25, -0.2) is 0 Å². The molecule has 0 aliphatic rings. The first-order chi connectivity index (χ1) is 12.8. The van der Waals surface area contributed by atoms with Crippen LogP contribution in [-0.2, 0) is 20.7 Å². The average molecular weight is 365 g/mol. The van der Waals surface area contributed by atoms with Gasteiger partial charge in [-0.15, -0.1) is 0 Å². The normalized spacial score (nSPS) is 12.7. The molecule has 1 heterocycles. The first kappa shape index (κ1) is 18.7. The molecule has 0 amide bonds. The number of esters is 1. The second kappa shape index (κ2) is 7.27. The molecule has 5 nitrogen and oxygen atoms in total. The number of aromatic amines is 1. The summed E-state index contributed by atoms with van der Waals surface area (Å²) in [5, 5.41) is 10.4. The molecule has 5 heteroatoms. The highest BCUT2D eigenvalue weighted by Gasteiger charge is 2.32. The standard InChI is InChI=1S/C22H23NO4/c1-22(2,3)27-21(26)18(20(24)25)12-15-13-23-19-16(10-7-11-17(15)19)14-8-5-4-6-9-14/h4-11,13,18,23H,12H2,1-3H3,(H,24,25)/t18-/m1/s1. The molecule has 0 unspecified atom stereocenters. The van der Waals surface area contributed by atoms with E-state index in [4.69, 9.17) is 4.74 Å². The van der Waals surface area contributed by atoms with E-state index in [0.29, 0.717) is 0 Å². The van der Waals surface area contributed by atoms with Crippen molar-refractivity contribution in [1.29, 1.82) is 0 Å². The van der Waals surface area contributed by atoms with Gasteiger partial charge in [0.15, 0.2) is 5.92 Å². The van der Waals surface area contributed by atoms with Crippen molar-refractivity contribution >= 4 is 22.8 Å². The predicted molar refractivity (Wildman–Crippen MR) is 104 cm³/mol. The molecule has 3 aromatic rings. The molecule has 0 bridgehead atoms. The second-order valence-corrected chi connectivity index (χ2v) is 7.54. The molecule has 2 aromatic carbocycles. The molecule has 1 aromatic heterocycles. The van der Waals surface area contributed by atoms with E-state index in [9.17, 15) is 14.7 Å². The van der Waals surface area contributed by atoms with Crippen LogP contribution in [0.3, 0.4) is 0 Å². The number of carbonyl (C=O) groups excluding carboxylic acids is 1. The van der Waals surface area contributed by atoms with Gasteiger partial charge in [-0.1, -0.05) is 48.5 Å². The Bertz CT molecular complexity index is 967. The van der Waals surface area contributed by atoms with E-state index in [2.05, 4.69) is 4.98 Å². The molecule has 27 heavy (non-hydrogen) atoms. The van der Waals surface area contributed by atoms with Crippen molar-refractivity contribution in [2.24, 2.45) is 5.92 Å². The molecule has 0 saturated heterocycles. The van der Waals surface area contributed by atoms with Gasteiger partial charge in [-0.2, -0.15) is 0 Å². The number of carbonyl (C=O) groups is 2. The molecule has 0 saturated carbocycles. The van der Waals surface area contributed by atoms with Gasteiger partial charge in [0.05, 0.1) is 5.52 Å². The van der Waals surface area contributed by atoms with E-state index < -0.39 is 23.5 Å². The average Bonchev–Trinajstić information content (AvgIpc) is 3.01. The number of H-pyrrole nitrogens is 1. The number of ether oxygens (including phenoxy) is 1. The lowest BCUT2D eigenvalue weighted by molar-refractivity contribution is -0.166. The van der Waals surface area contributed by atoms with Crippen molar-refractivity contribution < 1.29 is 19.4 Å². The van der Waals surface area contributed by atoms with E-state index in [1.807, 2.05) is 48.5 Å². The third-order valence-corrected chi connectivity index (χ3v) is 4.30. The Morgan fingerprint density at radius 2 is 1.78 bits per heavy atom. The Labute approximate surface area is 158 Å². The first-order valence-electron chi connectivity index (χ1n) is 8.86. The maximum absolute atomic E-state index is 12.3. The maximum atomic E-state index is 12.3. The summed E-state index contributed by atoms with van der Waals surface area (Å²) in [7, 11) is 0. The van der Waals surface area contributed by atoms with Crippen molar-refractivity contribution in [3.63, 3.8) is 0 Å². The number of aliphatic carboxylic acids is 1. The minimum Gasteiger partial charge on any atom is -0.481 e. The van der Waals surface area contributed by atoms with Gasteiger partial charge >= 0.3 is 11.9 Å². The zero-order valence-corrected chi connectivity index (χ0v) is 15.7. The van der Waals surface area contributed by atoms with Gasteiger partial charge in [-0.05, 0) is 38.3 Å². The lowest BCUT2D eigenvalue weighted by atomic mass is 9.96. The van der Waals surface area contributed by atoms with Crippen molar-refractivity contribution in [2.75, 3.05) is 0 Å². The second-order valence-electron chi connectivity index (χ2n) is 7.54. The van der Waals surface area contributed by atoms with Gasteiger partial charge < -0.3 is 14.8 Å². The van der Waals surface area contributed by atoms with Crippen molar-refractivity contribution in [2.45, 2.75) is 32.8 Å². The Kier molecular flexibility index (Phi) is 5.04. The molecule has 2 N–H and O–H groups in total. The first-order valence-corrected chi connectivity index (χ1v) is 8.86. The summed E-state index contributed by atoms with van der Waals surface area (Å²) in [6, 6.07) is 15.8. The predicted octanol–water partition coefficient (Wildman–Crippen LogP) is 4.42. The van der Waals surface area contributed by atoms with Crippen LogP contribution in [0.2, 0.25) is 0 Å². The highest BCUT2D eigenvalue weighted by Crippen LogP contribution is 2.31. The number of carboxylic acid groups (broad SMARTS) is 1. The number of benzene rings is 2. The molecule has 140 valence electrons. The largest absolute Gasteiger partial charge is 0.481 e. The summed E-state index contributed by atoms with van der Waals surface area (Å²) in [5.74, 6) is -3.15.